The molecule has 0 aromatic rings. The van der Waals surface area contributed by atoms with Gasteiger partial charge in [-0.2, -0.15) is 0 Å². The van der Waals surface area contributed by atoms with Gasteiger partial charge in [-0.15, -0.1) is 0 Å². The second-order valence-corrected chi connectivity index (χ2v) is 7.42. The van der Waals surface area contributed by atoms with Crippen molar-refractivity contribution in [1.29, 1.82) is 10.5 Å². The van der Waals surface area contributed by atoms with E-state index >= 15 is 0 Å². The number of hydrogen-bond acceptors (Lipinski definition) is 2. The van der Waals surface area contributed by atoms with Crippen molar-refractivity contribution < 1.29 is 0 Å². The summed E-state index contributed by atoms with van der Waals surface area (Å²) >= 11 is -0.0730. The van der Waals surface area contributed by atoms with Crippen molar-refractivity contribution in [1.82, 2.24) is 0 Å². The van der Waals surface area contributed by atoms with E-state index in [0.29, 0.717) is 0 Å². The van der Waals surface area contributed by atoms with Crippen LogP contribution >= 0.6 is 0 Å². The van der Waals surface area contributed by atoms with Gasteiger partial charge in [0, 0.05) is 0 Å². The first-order valence-corrected chi connectivity index (χ1v) is 8.40. The number of rotatable bonds is 5. The van der Waals surface area contributed by atoms with Gasteiger partial charge in [-0.3, -0.25) is 0 Å². The zero-order chi connectivity index (χ0) is 12.6. The van der Waals surface area contributed by atoms with Crippen LogP contribution in [-0.4, -0.2) is 29.9 Å². The van der Waals surface area contributed by atoms with Gasteiger partial charge in [0.1, 0.15) is 0 Å². The van der Waals surface area contributed by atoms with Crippen molar-refractivity contribution in [2.45, 2.75) is 40.5 Å². The Kier molecular flexibility index (Phi) is 8.36. The Morgan fingerprint density at radius 1 is 0.812 bits per heavy atom. The van der Waals surface area contributed by atoms with Crippen molar-refractivity contribution in [2.75, 3.05) is 0 Å². The molecule has 0 aromatic heterocycles. The fourth-order valence-electron chi connectivity index (χ4n) is 1.14. The molecule has 0 aliphatic rings. The third-order valence-corrected chi connectivity index (χ3v) is 6.02. The van der Waals surface area contributed by atoms with E-state index in [1.807, 2.05) is 0 Å². The van der Waals surface area contributed by atoms with Crippen LogP contribution in [0.2, 0.25) is 0 Å². The van der Waals surface area contributed by atoms with Gasteiger partial charge in [-0.05, 0) is 0 Å². The van der Waals surface area contributed by atoms with Gasteiger partial charge >= 0.3 is 111 Å². The monoisotopic (exact) mass is 348 g/mol. The minimum absolute atomic E-state index is 0.0365. The summed E-state index contributed by atoms with van der Waals surface area (Å²) in [5, 5.41) is 17.5. The van der Waals surface area contributed by atoms with Crippen LogP contribution in [0.3, 0.4) is 0 Å². The van der Waals surface area contributed by atoms with Gasteiger partial charge in [-0.1, -0.05) is 0 Å². The predicted octanol–water partition coefficient (Wildman–Crippen LogP) is 2.72. The van der Waals surface area contributed by atoms with Crippen LogP contribution in [0.25, 0.3) is 0 Å². The van der Waals surface area contributed by atoms with Crippen LogP contribution < -0.4 is 0 Å². The second kappa shape index (κ2) is 8.63. The molecule has 0 bridgehead atoms. The molecule has 0 atom stereocenters. The maximum absolute atomic E-state index is 8.75. The number of nitriles is 2. The van der Waals surface area contributed by atoms with Crippen LogP contribution in [-0.2, 0) is 0 Å². The number of nitrogens with zero attached hydrogens (tertiary/aromatic N) is 2. The molecule has 0 fully saturated rings. The average Bonchev–Trinajstić information content (AvgIpc) is 2.21. The molecule has 0 amide bonds. The molecule has 16 heavy (non-hydrogen) atoms. The third-order valence-electron chi connectivity index (χ3n) is 2.03. The van der Waals surface area contributed by atoms with E-state index < -0.39 is 0 Å². The van der Waals surface area contributed by atoms with Gasteiger partial charge in [0.15, 0.2) is 0 Å². The zero-order valence-electron chi connectivity index (χ0n) is 10.1. The maximum atomic E-state index is 8.75. The molecule has 0 aliphatic carbocycles. The summed E-state index contributed by atoms with van der Waals surface area (Å²) in [5.74, 6) is 0. The van der Waals surface area contributed by atoms with E-state index in [0.717, 1.165) is 12.8 Å². The van der Waals surface area contributed by atoms with Gasteiger partial charge in [-0.25, -0.2) is 0 Å². The zero-order valence-corrected chi connectivity index (χ0v) is 13.6. The van der Waals surface area contributed by atoms with Gasteiger partial charge in [0.25, 0.3) is 0 Å². The van der Waals surface area contributed by atoms with Crippen LogP contribution in [0.1, 0.15) is 40.5 Å². The summed E-state index contributed by atoms with van der Waals surface area (Å²) in [5.41, 5.74) is 2.53. The van der Waals surface area contributed by atoms with Crippen molar-refractivity contribution in [3.8, 4) is 9.94 Å². The quantitative estimate of drug-likeness (QED) is 0.719. The Labute approximate surface area is 111 Å². The Morgan fingerprint density at radius 3 is 1.31 bits per heavy atom. The first-order valence-electron chi connectivity index (χ1n) is 4.97. The normalized spacial score (nSPS) is 8.88. The van der Waals surface area contributed by atoms with E-state index in [1.165, 1.54) is 20.1 Å². The predicted molar refractivity (Wildman–Crippen MR) is 68.7 cm³/mol. The molecule has 4 heteroatoms. The molecule has 0 aromatic carbocycles. The van der Waals surface area contributed by atoms with Crippen molar-refractivity contribution in [3.63, 3.8) is 0 Å². The Bertz CT molecular complexity index is 335. The molecule has 0 radical (unpaired) electrons. The van der Waals surface area contributed by atoms with E-state index in [9.17, 15) is 0 Å². The number of hydrogen-bond donors (Lipinski definition) is 0. The molecule has 0 saturated carbocycles. The van der Waals surface area contributed by atoms with Crippen molar-refractivity contribution in [3.05, 3.63) is 20.1 Å². The molecule has 0 rings (SSSR count). The van der Waals surface area contributed by atoms with Gasteiger partial charge in [0.2, 0.25) is 0 Å². The Morgan fingerprint density at radius 2 is 1.12 bits per heavy atom. The number of allylic oxidation sites excluding steroid dienone is 4. The van der Waals surface area contributed by atoms with Gasteiger partial charge < -0.3 is 0 Å². The molecular formula is C12H16N2Se2. The molecule has 86 valence electrons. The van der Waals surface area contributed by atoms with Crippen LogP contribution in [0.15, 0.2) is 20.1 Å². The summed E-state index contributed by atoms with van der Waals surface area (Å²) in [6, 6.07) is 0. The van der Waals surface area contributed by atoms with Gasteiger partial charge in [0.05, 0.1) is 0 Å². The standard InChI is InChI=1S/C12H16N2Se2/c1-9(2)11(15-7-13)5-6-12(10(3)4)16-8-14/h5-6H2,1-4H3. The fraction of sp³-hybridized carbons (Fsp3) is 0.500. The second-order valence-electron chi connectivity index (χ2n) is 3.73. The first-order chi connectivity index (χ1) is 7.52. The SMILES string of the molecule is CC(C)=C(CCC([Se]C#N)=C(C)C)[Se]C#N. The Balaban J connectivity index is 4.55. The summed E-state index contributed by atoms with van der Waals surface area (Å²) in [6.07, 6.45) is 1.89. The van der Waals surface area contributed by atoms with E-state index in [-0.39, 0.29) is 29.9 Å². The van der Waals surface area contributed by atoms with Crippen LogP contribution in [0.4, 0.5) is 0 Å². The first kappa shape index (κ1) is 15.5. The molecule has 2 nitrogen and oxygen atoms in total. The van der Waals surface area contributed by atoms with E-state index in [4.69, 9.17) is 10.5 Å². The topological polar surface area (TPSA) is 47.6 Å². The fourth-order valence-corrected chi connectivity index (χ4v) is 3.32. The summed E-state index contributed by atoms with van der Waals surface area (Å²) in [6.45, 7) is 8.25. The van der Waals surface area contributed by atoms with E-state index in [1.54, 1.807) is 0 Å². The molecule has 0 aliphatic heterocycles. The third kappa shape index (κ3) is 6.16. The van der Waals surface area contributed by atoms with E-state index in [2.05, 4.69) is 37.6 Å². The molecule has 0 spiro atoms. The van der Waals surface area contributed by atoms with Crippen molar-refractivity contribution >= 4 is 29.9 Å². The van der Waals surface area contributed by atoms with Crippen LogP contribution in [0, 0.1) is 20.5 Å². The summed E-state index contributed by atoms with van der Waals surface area (Å²) in [4.78, 5) is 4.53. The van der Waals surface area contributed by atoms with Crippen molar-refractivity contribution in [2.24, 2.45) is 0 Å². The Hall–Kier alpha value is -0.501. The molecule has 0 N–H and O–H groups in total. The summed E-state index contributed by atoms with van der Waals surface area (Å²) < 4.78 is 2.56. The molecule has 0 saturated heterocycles. The molecular weight excluding hydrogens is 330 g/mol. The minimum atomic E-state index is -0.0365. The molecule has 0 unspecified atom stereocenters. The molecule has 0 heterocycles. The summed E-state index contributed by atoms with van der Waals surface area (Å²) in [7, 11) is 0. The van der Waals surface area contributed by atoms with Crippen LogP contribution in [0.5, 0.6) is 0 Å². The average molecular weight is 346 g/mol.